The highest BCUT2D eigenvalue weighted by Crippen LogP contribution is 2.25. The maximum absolute atomic E-state index is 12.1. The smallest absolute Gasteiger partial charge is 0.410 e. The van der Waals surface area contributed by atoms with Gasteiger partial charge in [0.25, 0.3) is 0 Å². The van der Waals surface area contributed by atoms with E-state index < -0.39 is 5.60 Å². The predicted octanol–water partition coefficient (Wildman–Crippen LogP) is 3.41. The molecular formula is C17H29N3O2. The molecule has 0 radical (unpaired) electrons. The Morgan fingerprint density at radius 3 is 2.55 bits per heavy atom. The summed E-state index contributed by atoms with van der Waals surface area (Å²) in [5.41, 5.74) is 0.810. The van der Waals surface area contributed by atoms with Crippen LogP contribution in [0.1, 0.15) is 52.3 Å². The quantitative estimate of drug-likeness (QED) is 0.931. The molecule has 1 aromatic heterocycles. The van der Waals surface area contributed by atoms with Crippen LogP contribution in [0.25, 0.3) is 0 Å². The number of likely N-dealkylation sites (tertiary alicyclic amines) is 1. The molecule has 2 heterocycles. The second-order valence-electron chi connectivity index (χ2n) is 7.17. The van der Waals surface area contributed by atoms with Crippen LogP contribution in [0.5, 0.6) is 0 Å². The van der Waals surface area contributed by atoms with Crippen molar-refractivity contribution in [3.63, 3.8) is 0 Å². The van der Waals surface area contributed by atoms with E-state index in [4.69, 9.17) is 4.74 Å². The number of carbonyl (C=O) groups is 1. The van der Waals surface area contributed by atoms with E-state index in [9.17, 15) is 4.79 Å². The monoisotopic (exact) mass is 307 g/mol. The van der Waals surface area contributed by atoms with Crippen molar-refractivity contribution in [2.24, 2.45) is 0 Å². The normalized spacial score (nSPS) is 18.5. The molecule has 1 unspecified atom stereocenters. The highest BCUT2D eigenvalue weighted by Gasteiger charge is 2.30. The van der Waals surface area contributed by atoms with Crippen LogP contribution >= 0.6 is 0 Å². The molecule has 1 aliphatic heterocycles. The van der Waals surface area contributed by atoms with Gasteiger partial charge in [-0.15, -0.1) is 0 Å². The van der Waals surface area contributed by atoms with Crippen LogP contribution in [0.2, 0.25) is 0 Å². The second-order valence-corrected chi connectivity index (χ2v) is 7.17. The minimum Gasteiger partial charge on any atom is -0.444 e. The lowest BCUT2D eigenvalue weighted by atomic mass is 10.0. The van der Waals surface area contributed by atoms with Crippen LogP contribution in [0, 0.1) is 0 Å². The summed E-state index contributed by atoms with van der Waals surface area (Å²) in [4.78, 5) is 19.6. The fraction of sp³-hybridized carbons (Fsp3) is 0.706. The first kappa shape index (κ1) is 16.9. The minimum atomic E-state index is -0.424. The number of piperidine rings is 1. The number of nitrogens with zero attached hydrogens (tertiary/aromatic N) is 2. The van der Waals surface area contributed by atoms with Crippen molar-refractivity contribution in [3.8, 4) is 0 Å². The Hall–Kier alpha value is -1.49. The van der Waals surface area contributed by atoms with E-state index in [0.29, 0.717) is 12.1 Å². The Kier molecular flexibility index (Phi) is 5.16. The summed E-state index contributed by atoms with van der Waals surface area (Å²) in [5.74, 6) is 0. The van der Waals surface area contributed by atoms with Crippen molar-refractivity contribution >= 4 is 6.09 Å². The zero-order valence-corrected chi connectivity index (χ0v) is 14.4. The number of hydrogen-bond acceptors (Lipinski definition) is 3. The molecule has 0 aromatic carbocycles. The maximum Gasteiger partial charge on any atom is 0.410 e. The number of carbonyl (C=O) groups excluding carboxylic acids is 1. The molecule has 5 heteroatoms. The average molecular weight is 307 g/mol. The van der Waals surface area contributed by atoms with Crippen molar-refractivity contribution in [1.29, 1.82) is 0 Å². The first-order chi connectivity index (χ1) is 10.3. The highest BCUT2D eigenvalue weighted by atomic mass is 16.6. The zero-order chi connectivity index (χ0) is 16.3. The molecule has 5 nitrogen and oxygen atoms in total. The van der Waals surface area contributed by atoms with E-state index in [1.54, 1.807) is 0 Å². The van der Waals surface area contributed by atoms with Crippen molar-refractivity contribution in [1.82, 2.24) is 14.8 Å². The van der Waals surface area contributed by atoms with Crippen LogP contribution in [0.4, 0.5) is 4.79 Å². The lowest BCUT2D eigenvalue weighted by Gasteiger charge is -2.39. The van der Waals surface area contributed by atoms with Gasteiger partial charge in [-0.1, -0.05) is 0 Å². The number of H-pyrrole nitrogens is 1. The molecule has 1 N–H and O–H groups in total. The van der Waals surface area contributed by atoms with E-state index in [0.717, 1.165) is 25.9 Å². The van der Waals surface area contributed by atoms with Gasteiger partial charge < -0.3 is 14.6 Å². The van der Waals surface area contributed by atoms with Gasteiger partial charge in [-0.05, 0) is 59.7 Å². The van der Waals surface area contributed by atoms with Crippen LogP contribution < -0.4 is 0 Å². The van der Waals surface area contributed by atoms with Gasteiger partial charge in [0.05, 0.1) is 0 Å². The van der Waals surface area contributed by atoms with Gasteiger partial charge in [0.1, 0.15) is 5.60 Å². The largest absolute Gasteiger partial charge is 0.444 e. The zero-order valence-electron chi connectivity index (χ0n) is 14.4. The Morgan fingerprint density at radius 1 is 1.41 bits per heavy atom. The molecule has 1 aliphatic rings. The summed E-state index contributed by atoms with van der Waals surface area (Å²) in [6.07, 6.45) is 3.75. The Morgan fingerprint density at radius 2 is 2.05 bits per heavy atom. The van der Waals surface area contributed by atoms with Gasteiger partial charge in [-0.3, -0.25) is 4.90 Å². The van der Waals surface area contributed by atoms with Crippen LogP contribution in [0.3, 0.4) is 0 Å². The number of amides is 1. The molecular weight excluding hydrogens is 278 g/mol. The number of nitrogens with one attached hydrogen (secondary N) is 1. The summed E-state index contributed by atoms with van der Waals surface area (Å²) in [6, 6.07) is 5.01. The van der Waals surface area contributed by atoms with Crippen LogP contribution in [0.15, 0.2) is 18.3 Å². The van der Waals surface area contributed by atoms with E-state index in [2.05, 4.69) is 29.9 Å². The molecule has 0 spiro atoms. The minimum absolute atomic E-state index is 0.189. The molecule has 1 fully saturated rings. The standard InChI is InChI=1S/C17H29N3O2/c1-13(15-7-6-10-18-15)19(5)14-8-11-20(12-9-14)16(21)22-17(2,3)4/h6-7,10,13-14,18H,8-9,11-12H2,1-5H3. The van der Waals surface area contributed by atoms with E-state index in [-0.39, 0.29) is 6.09 Å². The fourth-order valence-electron chi connectivity index (χ4n) is 2.92. The number of hydrogen-bond donors (Lipinski definition) is 1. The first-order valence-electron chi connectivity index (χ1n) is 8.11. The summed E-state index contributed by atoms with van der Waals surface area (Å²) < 4.78 is 5.45. The van der Waals surface area contributed by atoms with Crippen LogP contribution in [-0.4, -0.2) is 52.7 Å². The average Bonchev–Trinajstić information content (AvgIpc) is 2.98. The molecule has 0 aliphatic carbocycles. The lowest BCUT2D eigenvalue weighted by Crippen LogP contribution is -2.47. The van der Waals surface area contributed by atoms with Gasteiger partial charge >= 0.3 is 6.09 Å². The van der Waals surface area contributed by atoms with Crippen molar-refractivity contribution in [2.75, 3.05) is 20.1 Å². The van der Waals surface area contributed by atoms with Gasteiger partial charge in [0.15, 0.2) is 0 Å². The van der Waals surface area contributed by atoms with Gasteiger partial charge in [-0.25, -0.2) is 4.79 Å². The predicted molar refractivity (Wildman–Crippen MR) is 87.8 cm³/mol. The molecule has 2 rings (SSSR count). The lowest BCUT2D eigenvalue weighted by molar-refractivity contribution is 0.0136. The number of rotatable bonds is 3. The Labute approximate surface area is 133 Å². The summed E-state index contributed by atoms with van der Waals surface area (Å²) in [6.45, 7) is 9.46. The molecule has 1 aromatic rings. The molecule has 1 atom stereocenters. The molecule has 1 amide bonds. The van der Waals surface area contributed by atoms with E-state index in [1.165, 1.54) is 5.69 Å². The Balaban J connectivity index is 1.85. The fourth-order valence-corrected chi connectivity index (χ4v) is 2.92. The van der Waals surface area contributed by atoms with Gasteiger partial charge in [0, 0.05) is 37.1 Å². The van der Waals surface area contributed by atoms with Crippen molar-refractivity contribution in [2.45, 2.75) is 58.2 Å². The van der Waals surface area contributed by atoms with Crippen molar-refractivity contribution in [3.05, 3.63) is 24.0 Å². The van der Waals surface area contributed by atoms with E-state index >= 15 is 0 Å². The molecule has 0 bridgehead atoms. The number of ether oxygens (including phenoxy) is 1. The SMILES string of the molecule is CC(c1ccc[nH]1)N(C)C1CCN(C(=O)OC(C)(C)C)CC1. The van der Waals surface area contributed by atoms with Crippen LogP contribution in [-0.2, 0) is 4.74 Å². The second kappa shape index (κ2) is 6.73. The molecule has 124 valence electrons. The van der Waals surface area contributed by atoms with Gasteiger partial charge in [-0.2, -0.15) is 0 Å². The van der Waals surface area contributed by atoms with E-state index in [1.807, 2.05) is 37.9 Å². The summed E-state index contributed by atoms with van der Waals surface area (Å²) >= 11 is 0. The third kappa shape index (κ3) is 4.26. The molecule has 22 heavy (non-hydrogen) atoms. The highest BCUT2D eigenvalue weighted by molar-refractivity contribution is 5.68. The maximum atomic E-state index is 12.1. The molecule has 1 saturated heterocycles. The number of aromatic amines is 1. The third-order valence-corrected chi connectivity index (χ3v) is 4.38. The first-order valence-corrected chi connectivity index (χ1v) is 8.11. The topological polar surface area (TPSA) is 48.6 Å². The summed E-state index contributed by atoms with van der Waals surface area (Å²) in [5, 5.41) is 0. The third-order valence-electron chi connectivity index (χ3n) is 4.38. The summed E-state index contributed by atoms with van der Waals surface area (Å²) in [7, 11) is 2.17. The number of aromatic nitrogens is 1. The molecule has 0 saturated carbocycles. The van der Waals surface area contributed by atoms with Gasteiger partial charge in [0.2, 0.25) is 0 Å². The Bertz CT molecular complexity index is 471. The van der Waals surface area contributed by atoms with Crippen molar-refractivity contribution < 1.29 is 9.53 Å².